The summed E-state index contributed by atoms with van der Waals surface area (Å²) in [6, 6.07) is 17.3. The molecule has 2 bridgehead atoms. The lowest BCUT2D eigenvalue weighted by atomic mass is 9.56. The fourth-order valence-corrected chi connectivity index (χ4v) is 5.53. The van der Waals surface area contributed by atoms with Gasteiger partial charge in [-0.15, -0.1) is 0 Å². The van der Waals surface area contributed by atoms with Gasteiger partial charge in [0.15, 0.2) is 0 Å². The summed E-state index contributed by atoms with van der Waals surface area (Å²) in [5, 5.41) is 0. The van der Waals surface area contributed by atoms with Gasteiger partial charge in [0, 0.05) is 11.8 Å². The first kappa shape index (κ1) is 13.6. The lowest BCUT2D eigenvalue weighted by Crippen LogP contribution is -2.35. The Bertz CT molecular complexity index is 874. The van der Waals surface area contributed by atoms with Gasteiger partial charge in [-0.05, 0) is 35.1 Å². The normalized spacial score (nSPS) is 31.2. The van der Waals surface area contributed by atoms with E-state index in [1.54, 1.807) is 0 Å². The first-order valence-electron chi connectivity index (χ1n) is 8.89. The second-order valence-electron chi connectivity index (χ2n) is 7.54. The summed E-state index contributed by atoms with van der Waals surface area (Å²) in [4.78, 5) is 24.3. The number of hydrogen-bond acceptors (Lipinski definition) is 3. The smallest absolute Gasteiger partial charge is 0.317 e. The van der Waals surface area contributed by atoms with Crippen molar-refractivity contribution in [2.75, 3.05) is 0 Å². The van der Waals surface area contributed by atoms with Gasteiger partial charge in [0.25, 0.3) is 0 Å². The third-order valence-electron chi connectivity index (χ3n) is 6.52. The van der Waals surface area contributed by atoms with Crippen LogP contribution in [-0.2, 0) is 14.3 Å². The van der Waals surface area contributed by atoms with Gasteiger partial charge in [0.05, 0.1) is 11.8 Å². The van der Waals surface area contributed by atoms with E-state index in [4.69, 9.17) is 4.74 Å². The monoisotopic (exact) mass is 328 g/mol. The third kappa shape index (κ3) is 1.56. The molecule has 1 aliphatic heterocycles. The molecule has 0 saturated carbocycles. The van der Waals surface area contributed by atoms with Crippen molar-refractivity contribution >= 4 is 11.9 Å². The molecule has 1 heterocycles. The minimum Gasteiger partial charge on any atom is -0.393 e. The summed E-state index contributed by atoms with van der Waals surface area (Å²) >= 11 is 0. The predicted molar refractivity (Wildman–Crippen MR) is 90.9 cm³/mol. The van der Waals surface area contributed by atoms with Gasteiger partial charge in [-0.2, -0.15) is 0 Å². The molecule has 0 spiro atoms. The topological polar surface area (TPSA) is 43.4 Å². The average molecular weight is 328 g/mol. The first-order chi connectivity index (χ1) is 12.2. The van der Waals surface area contributed by atoms with Crippen LogP contribution in [0.4, 0.5) is 0 Å². The lowest BCUT2D eigenvalue weighted by Gasteiger charge is -2.46. The standard InChI is InChI=1S/C22H16O3/c23-21-17-9-15-16(10-18(17)22(24)25-21)20-12-6-2-1-5-11(12)19(15)13-7-3-4-8-14(13)20/h1-8,17-20H,9-10H2. The van der Waals surface area contributed by atoms with Crippen LogP contribution in [-0.4, -0.2) is 11.9 Å². The number of rotatable bonds is 0. The van der Waals surface area contributed by atoms with Crippen LogP contribution in [0.1, 0.15) is 46.9 Å². The summed E-state index contributed by atoms with van der Waals surface area (Å²) in [5.74, 6) is -0.794. The quantitative estimate of drug-likeness (QED) is 0.421. The molecule has 0 radical (unpaired) electrons. The van der Waals surface area contributed by atoms with Crippen LogP contribution < -0.4 is 0 Å². The van der Waals surface area contributed by atoms with E-state index in [9.17, 15) is 9.59 Å². The predicted octanol–water partition coefficient (Wildman–Crippen LogP) is 3.68. The SMILES string of the molecule is O=C1OC(=O)C2CC3=C(CC12)C1c2ccccc2C3c2ccccc21. The summed E-state index contributed by atoms with van der Waals surface area (Å²) < 4.78 is 4.95. The van der Waals surface area contributed by atoms with Crippen LogP contribution in [0.3, 0.4) is 0 Å². The van der Waals surface area contributed by atoms with Gasteiger partial charge in [0.2, 0.25) is 0 Å². The molecule has 7 rings (SSSR count). The minimum absolute atomic E-state index is 0.219. The zero-order valence-electron chi connectivity index (χ0n) is 13.6. The molecule has 0 N–H and O–H groups in total. The number of fused-ring (bicyclic) bond motifs is 1. The largest absolute Gasteiger partial charge is 0.393 e. The highest BCUT2D eigenvalue weighted by Gasteiger charge is 2.53. The summed E-state index contributed by atoms with van der Waals surface area (Å²) in [6.45, 7) is 0. The number of cyclic esters (lactones) is 2. The van der Waals surface area contributed by atoms with Crippen molar-refractivity contribution in [1.82, 2.24) is 0 Å². The van der Waals surface area contributed by atoms with Gasteiger partial charge in [0.1, 0.15) is 0 Å². The van der Waals surface area contributed by atoms with Crippen LogP contribution in [0.2, 0.25) is 0 Å². The van der Waals surface area contributed by atoms with Crippen molar-refractivity contribution in [3.8, 4) is 0 Å². The van der Waals surface area contributed by atoms with E-state index >= 15 is 0 Å². The zero-order valence-corrected chi connectivity index (χ0v) is 13.6. The van der Waals surface area contributed by atoms with Crippen LogP contribution in [0.5, 0.6) is 0 Å². The van der Waals surface area contributed by atoms with Crippen molar-refractivity contribution < 1.29 is 14.3 Å². The fraction of sp³-hybridized carbons (Fsp3) is 0.273. The van der Waals surface area contributed by atoms with E-state index in [1.165, 1.54) is 33.4 Å². The molecule has 122 valence electrons. The molecule has 5 aliphatic rings. The number of carbonyl (C=O) groups is 2. The van der Waals surface area contributed by atoms with Crippen LogP contribution in [0.25, 0.3) is 0 Å². The molecular formula is C22H16O3. The number of benzene rings is 2. The Morgan fingerprint density at radius 2 is 1.00 bits per heavy atom. The van der Waals surface area contributed by atoms with Gasteiger partial charge >= 0.3 is 11.9 Å². The second kappa shape index (κ2) is 4.48. The van der Waals surface area contributed by atoms with E-state index < -0.39 is 0 Å². The molecule has 25 heavy (non-hydrogen) atoms. The molecule has 2 atom stereocenters. The first-order valence-corrected chi connectivity index (χ1v) is 8.89. The average Bonchev–Trinajstić information content (AvgIpc) is 2.93. The summed E-state index contributed by atoms with van der Waals surface area (Å²) in [5.41, 5.74) is 8.16. The highest BCUT2D eigenvalue weighted by molar-refractivity contribution is 5.97. The van der Waals surface area contributed by atoms with E-state index in [2.05, 4.69) is 48.5 Å². The summed E-state index contributed by atoms with van der Waals surface area (Å²) in [6.07, 6.45) is 1.32. The Hall–Kier alpha value is -2.68. The number of hydrogen-bond donors (Lipinski definition) is 0. The molecule has 3 heteroatoms. The van der Waals surface area contributed by atoms with Crippen molar-refractivity contribution in [1.29, 1.82) is 0 Å². The molecule has 1 fully saturated rings. The Morgan fingerprint density at radius 1 is 0.640 bits per heavy atom. The van der Waals surface area contributed by atoms with Crippen LogP contribution in [0.15, 0.2) is 59.7 Å². The summed E-state index contributed by atoms with van der Waals surface area (Å²) in [7, 11) is 0. The zero-order chi connectivity index (χ0) is 16.7. The number of allylic oxidation sites excluding steroid dienone is 2. The third-order valence-corrected chi connectivity index (χ3v) is 6.52. The maximum atomic E-state index is 12.1. The van der Waals surface area contributed by atoms with Crippen LogP contribution >= 0.6 is 0 Å². The van der Waals surface area contributed by atoms with Crippen molar-refractivity contribution in [3.05, 3.63) is 81.9 Å². The van der Waals surface area contributed by atoms with Crippen molar-refractivity contribution in [2.24, 2.45) is 11.8 Å². The van der Waals surface area contributed by atoms with Gasteiger partial charge in [-0.25, -0.2) is 0 Å². The maximum absolute atomic E-state index is 12.1. The van der Waals surface area contributed by atoms with E-state index in [-0.39, 0.29) is 35.6 Å². The highest BCUT2D eigenvalue weighted by Crippen LogP contribution is 2.60. The lowest BCUT2D eigenvalue weighted by molar-refractivity contribution is -0.153. The molecule has 1 saturated heterocycles. The Morgan fingerprint density at radius 3 is 1.36 bits per heavy atom. The minimum atomic E-state index is -0.329. The maximum Gasteiger partial charge on any atom is 0.317 e. The number of esters is 2. The number of carbonyl (C=O) groups excluding carboxylic acids is 2. The molecule has 0 amide bonds. The highest BCUT2D eigenvalue weighted by atomic mass is 16.6. The van der Waals surface area contributed by atoms with E-state index in [1.807, 2.05) is 0 Å². The molecule has 2 aromatic rings. The molecular weight excluding hydrogens is 312 g/mol. The van der Waals surface area contributed by atoms with Gasteiger partial charge in [-0.3, -0.25) is 9.59 Å². The Labute approximate surface area is 145 Å². The molecule has 2 aromatic carbocycles. The van der Waals surface area contributed by atoms with Gasteiger partial charge < -0.3 is 4.74 Å². The second-order valence-corrected chi connectivity index (χ2v) is 7.54. The van der Waals surface area contributed by atoms with Crippen molar-refractivity contribution in [3.63, 3.8) is 0 Å². The Kier molecular flexibility index (Phi) is 2.44. The van der Waals surface area contributed by atoms with Crippen LogP contribution in [0, 0.1) is 11.8 Å². The molecule has 4 aliphatic carbocycles. The van der Waals surface area contributed by atoms with Gasteiger partial charge in [-0.1, -0.05) is 59.7 Å². The molecule has 3 nitrogen and oxygen atoms in total. The number of ether oxygens (including phenoxy) is 1. The molecule has 2 unspecified atom stereocenters. The van der Waals surface area contributed by atoms with E-state index in [0.29, 0.717) is 12.8 Å². The fourth-order valence-electron chi connectivity index (χ4n) is 5.53. The van der Waals surface area contributed by atoms with Crippen molar-refractivity contribution in [2.45, 2.75) is 24.7 Å². The van der Waals surface area contributed by atoms with E-state index in [0.717, 1.165) is 0 Å². The Balaban J connectivity index is 1.60. The molecule has 0 aromatic heterocycles.